The number of rotatable bonds is 9. The number of nitrogens with one attached hydrogen (secondary N) is 1. The van der Waals surface area contributed by atoms with Gasteiger partial charge < -0.3 is 10.2 Å². The summed E-state index contributed by atoms with van der Waals surface area (Å²) in [6.45, 7) is 6.98. The number of hydrogen-bond acceptors (Lipinski definition) is 4. The Morgan fingerprint density at radius 1 is 1.00 bits per heavy atom. The molecule has 0 spiro atoms. The van der Waals surface area contributed by atoms with E-state index in [0.29, 0.717) is 10.7 Å². The molecule has 0 saturated heterocycles. The largest absolute Gasteiger partial charge is 0.350 e. The first kappa shape index (κ1) is 30.9. The van der Waals surface area contributed by atoms with Crippen molar-refractivity contribution in [2.75, 3.05) is 17.1 Å². The van der Waals surface area contributed by atoms with E-state index in [2.05, 4.69) is 17.4 Å². The molecule has 1 atom stereocenters. The molecule has 2 aromatic carbocycles. The van der Waals surface area contributed by atoms with Crippen LogP contribution in [0.1, 0.15) is 77.3 Å². The van der Waals surface area contributed by atoms with Crippen LogP contribution in [0.15, 0.2) is 48.5 Å². The van der Waals surface area contributed by atoms with Gasteiger partial charge in [0, 0.05) is 17.1 Å². The molecule has 6 rings (SSSR count). The van der Waals surface area contributed by atoms with E-state index < -0.39 is 34.1 Å². The molecule has 0 radical (unpaired) electrons. The summed E-state index contributed by atoms with van der Waals surface area (Å²) in [6, 6.07) is 14.1. The zero-order chi connectivity index (χ0) is 30.4. The minimum Gasteiger partial charge on any atom is -0.350 e. The van der Waals surface area contributed by atoms with E-state index in [0.717, 1.165) is 33.9 Å². The molecule has 0 aliphatic heterocycles. The lowest BCUT2D eigenvalue weighted by Gasteiger charge is -2.57. The third-order valence-corrected chi connectivity index (χ3v) is 10.8. The Bertz CT molecular complexity index is 1400. The van der Waals surface area contributed by atoms with Crippen molar-refractivity contribution in [1.29, 1.82) is 0 Å². The normalized spacial score (nSPS) is 25.6. The van der Waals surface area contributed by atoms with E-state index in [4.69, 9.17) is 11.6 Å². The molecule has 2 amide bonds. The van der Waals surface area contributed by atoms with Crippen LogP contribution in [-0.2, 0) is 31.6 Å². The summed E-state index contributed by atoms with van der Waals surface area (Å²) in [5, 5.41) is 3.45. The average molecular weight is 614 g/mol. The Hall–Kier alpha value is -2.58. The van der Waals surface area contributed by atoms with Gasteiger partial charge in [-0.05, 0) is 125 Å². The van der Waals surface area contributed by atoms with Crippen molar-refractivity contribution in [2.24, 2.45) is 17.8 Å². The number of sulfonamides is 1. The van der Waals surface area contributed by atoms with Crippen LogP contribution in [0, 0.1) is 17.8 Å². The second-order valence-corrected chi connectivity index (χ2v) is 16.4. The Labute approximate surface area is 256 Å². The van der Waals surface area contributed by atoms with Gasteiger partial charge in [0.25, 0.3) is 0 Å². The van der Waals surface area contributed by atoms with Gasteiger partial charge in [-0.3, -0.25) is 13.9 Å². The summed E-state index contributed by atoms with van der Waals surface area (Å²) >= 11 is 6.20. The standard InChI is InChI=1S/C33H44ClN3O4S/c1-22(31(39)35-32(2,3)4)36(20-23-7-6-8-28(34)16-23)30(38)21-37(42(5,40)41)29-11-9-27(10-12-29)33-17-24-13-25(18-33)15-26(14-24)19-33/h6-12,16,22,24-26H,13-15,17-21H2,1-5H3,(H,35,39)/t22-,24?,25?,26?,33?/m1/s1. The molecule has 0 aromatic heterocycles. The highest BCUT2D eigenvalue weighted by molar-refractivity contribution is 7.92. The molecule has 4 saturated carbocycles. The molecule has 2 aromatic rings. The lowest BCUT2D eigenvalue weighted by atomic mass is 9.48. The first-order valence-corrected chi connectivity index (χ1v) is 17.3. The van der Waals surface area contributed by atoms with Crippen LogP contribution in [0.4, 0.5) is 5.69 Å². The molecule has 4 aliphatic carbocycles. The molecule has 228 valence electrons. The Kier molecular flexibility index (Phi) is 8.45. The van der Waals surface area contributed by atoms with Gasteiger partial charge in [-0.2, -0.15) is 0 Å². The van der Waals surface area contributed by atoms with Gasteiger partial charge >= 0.3 is 0 Å². The number of amides is 2. The number of carbonyl (C=O) groups is 2. The van der Waals surface area contributed by atoms with Crippen LogP contribution in [0.25, 0.3) is 0 Å². The van der Waals surface area contributed by atoms with Crippen LogP contribution in [0.2, 0.25) is 5.02 Å². The number of nitrogens with zero attached hydrogens (tertiary/aromatic N) is 2. The van der Waals surface area contributed by atoms with Crippen molar-refractivity contribution in [3.63, 3.8) is 0 Å². The highest BCUT2D eigenvalue weighted by atomic mass is 35.5. The van der Waals surface area contributed by atoms with Crippen molar-refractivity contribution in [1.82, 2.24) is 10.2 Å². The fraction of sp³-hybridized carbons (Fsp3) is 0.576. The van der Waals surface area contributed by atoms with Crippen LogP contribution in [-0.4, -0.2) is 49.5 Å². The summed E-state index contributed by atoms with van der Waals surface area (Å²) < 4.78 is 27.2. The minimum absolute atomic E-state index is 0.112. The molecule has 9 heteroatoms. The number of anilines is 1. The summed E-state index contributed by atoms with van der Waals surface area (Å²) in [5.41, 5.74) is 2.20. The maximum absolute atomic E-state index is 13.9. The Morgan fingerprint density at radius 3 is 2.07 bits per heavy atom. The van der Waals surface area contributed by atoms with Gasteiger partial charge in [0.1, 0.15) is 12.6 Å². The van der Waals surface area contributed by atoms with Gasteiger partial charge in [-0.25, -0.2) is 8.42 Å². The fourth-order valence-corrected chi connectivity index (χ4v) is 9.01. The van der Waals surface area contributed by atoms with Crippen LogP contribution >= 0.6 is 11.6 Å². The third kappa shape index (κ3) is 6.80. The third-order valence-electron chi connectivity index (χ3n) is 9.39. The topological polar surface area (TPSA) is 86.8 Å². The molecule has 7 nitrogen and oxygen atoms in total. The van der Waals surface area contributed by atoms with Gasteiger partial charge in [0.15, 0.2) is 0 Å². The summed E-state index contributed by atoms with van der Waals surface area (Å²) in [6.07, 6.45) is 8.86. The zero-order valence-corrected chi connectivity index (χ0v) is 27.0. The van der Waals surface area contributed by atoms with Crippen molar-refractivity contribution < 1.29 is 18.0 Å². The Morgan fingerprint density at radius 2 is 1.57 bits per heavy atom. The lowest BCUT2D eigenvalue weighted by Crippen LogP contribution is -2.54. The number of benzene rings is 2. The highest BCUT2D eigenvalue weighted by Gasteiger charge is 2.51. The number of halogens is 1. The fourth-order valence-electron chi connectivity index (χ4n) is 7.95. The second kappa shape index (κ2) is 11.5. The summed E-state index contributed by atoms with van der Waals surface area (Å²) in [4.78, 5) is 28.5. The van der Waals surface area contributed by atoms with Crippen molar-refractivity contribution >= 4 is 39.1 Å². The number of carbonyl (C=O) groups excluding carboxylic acids is 2. The average Bonchev–Trinajstić information content (AvgIpc) is 2.87. The maximum atomic E-state index is 13.9. The molecule has 0 heterocycles. The van der Waals surface area contributed by atoms with Crippen molar-refractivity contribution in [2.45, 2.75) is 89.8 Å². The van der Waals surface area contributed by atoms with E-state index in [9.17, 15) is 18.0 Å². The first-order chi connectivity index (χ1) is 19.6. The van der Waals surface area contributed by atoms with Crippen molar-refractivity contribution in [3.8, 4) is 0 Å². The minimum atomic E-state index is -3.79. The molecular weight excluding hydrogens is 570 g/mol. The molecule has 1 N–H and O–H groups in total. The molecule has 0 unspecified atom stereocenters. The second-order valence-electron chi connectivity index (χ2n) is 14.1. The molecule has 4 bridgehead atoms. The summed E-state index contributed by atoms with van der Waals surface area (Å²) in [7, 11) is -3.79. The van der Waals surface area contributed by atoms with Crippen molar-refractivity contribution in [3.05, 3.63) is 64.7 Å². The SMILES string of the molecule is C[C@H](C(=O)NC(C)(C)C)N(Cc1cccc(Cl)c1)C(=O)CN(c1ccc(C23CC4CC(CC(C4)C2)C3)cc1)S(C)(=O)=O. The highest BCUT2D eigenvalue weighted by Crippen LogP contribution is 2.60. The van der Waals surface area contributed by atoms with Gasteiger partial charge in [-0.15, -0.1) is 0 Å². The van der Waals surface area contributed by atoms with Gasteiger partial charge in [0.2, 0.25) is 21.8 Å². The molecule has 4 fully saturated rings. The van der Waals surface area contributed by atoms with E-state index in [1.807, 2.05) is 39.0 Å². The van der Waals surface area contributed by atoms with E-state index in [-0.39, 0.29) is 17.9 Å². The van der Waals surface area contributed by atoms with Crippen LogP contribution in [0.5, 0.6) is 0 Å². The smallest absolute Gasteiger partial charge is 0.244 e. The van der Waals surface area contributed by atoms with E-state index >= 15 is 0 Å². The van der Waals surface area contributed by atoms with E-state index in [1.165, 1.54) is 49.0 Å². The predicted molar refractivity (Wildman–Crippen MR) is 168 cm³/mol. The number of hydrogen-bond donors (Lipinski definition) is 1. The van der Waals surface area contributed by atoms with Crippen LogP contribution < -0.4 is 9.62 Å². The quantitative estimate of drug-likeness (QED) is 0.381. The predicted octanol–water partition coefficient (Wildman–Crippen LogP) is 5.91. The molecular formula is C33H44ClN3O4S. The lowest BCUT2D eigenvalue weighted by molar-refractivity contribution is -0.140. The van der Waals surface area contributed by atoms with Gasteiger partial charge in [0.05, 0.1) is 11.9 Å². The first-order valence-electron chi connectivity index (χ1n) is 15.1. The monoisotopic (exact) mass is 613 g/mol. The van der Waals surface area contributed by atoms with Crippen LogP contribution in [0.3, 0.4) is 0 Å². The van der Waals surface area contributed by atoms with E-state index in [1.54, 1.807) is 25.1 Å². The van der Waals surface area contributed by atoms with Gasteiger partial charge in [-0.1, -0.05) is 35.9 Å². The Balaban J connectivity index is 1.39. The maximum Gasteiger partial charge on any atom is 0.244 e. The summed E-state index contributed by atoms with van der Waals surface area (Å²) in [5.74, 6) is 1.64. The molecule has 4 aliphatic rings. The zero-order valence-electron chi connectivity index (χ0n) is 25.4. The molecule has 42 heavy (non-hydrogen) atoms.